The number of carbonyl (C=O) groups excluding carboxylic acids is 1. The van der Waals surface area contributed by atoms with Crippen LogP contribution in [0.1, 0.15) is 132 Å². The van der Waals surface area contributed by atoms with Gasteiger partial charge in [-0.1, -0.05) is 152 Å². The number of nitrogens with zero attached hydrogens (tertiary/aromatic N) is 1. The molecular formula is C43H63N3O4. The zero-order valence-corrected chi connectivity index (χ0v) is 31.0. The maximum absolute atomic E-state index is 12.8. The van der Waals surface area contributed by atoms with Gasteiger partial charge in [0.05, 0.1) is 18.8 Å². The number of rotatable bonds is 22. The summed E-state index contributed by atoms with van der Waals surface area (Å²) < 4.78 is 13.6. The number of aliphatic hydroxyl groups is 1. The maximum atomic E-state index is 12.8. The number of hydrogen-bond donors (Lipinski definition) is 3. The lowest BCUT2D eigenvalue weighted by Crippen LogP contribution is -2.45. The first-order chi connectivity index (χ1) is 24.5. The number of ether oxygens (including phenoxy) is 2. The smallest absolute Gasteiger partial charge is 0.319 e. The molecule has 2 amide bonds. The van der Waals surface area contributed by atoms with Crippen molar-refractivity contribution in [3.05, 3.63) is 101 Å². The van der Waals surface area contributed by atoms with Crippen molar-refractivity contribution in [1.29, 1.82) is 0 Å². The van der Waals surface area contributed by atoms with Gasteiger partial charge in [0.25, 0.3) is 0 Å². The van der Waals surface area contributed by atoms with Crippen molar-refractivity contribution in [3.63, 3.8) is 0 Å². The van der Waals surface area contributed by atoms with Crippen LogP contribution in [0.5, 0.6) is 0 Å². The number of benzene rings is 3. The molecular weight excluding hydrogens is 622 g/mol. The highest BCUT2D eigenvalue weighted by atomic mass is 16.7. The lowest BCUT2D eigenvalue weighted by Gasteiger charge is -2.43. The van der Waals surface area contributed by atoms with Crippen LogP contribution in [0.2, 0.25) is 0 Å². The summed E-state index contributed by atoms with van der Waals surface area (Å²) in [4.78, 5) is 15.4. The first kappa shape index (κ1) is 39.6. The van der Waals surface area contributed by atoms with Gasteiger partial charge in [-0.2, -0.15) is 0 Å². The summed E-state index contributed by atoms with van der Waals surface area (Å²) in [5, 5.41) is 15.6. The van der Waals surface area contributed by atoms with Crippen LogP contribution in [0.4, 0.5) is 10.5 Å². The van der Waals surface area contributed by atoms with Gasteiger partial charge < -0.3 is 30.1 Å². The van der Waals surface area contributed by atoms with E-state index in [1.165, 1.54) is 77.0 Å². The van der Waals surface area contributed by atoms with Crippen LogP contribution in [0, 0.1) is 5.92 Å². The van der Waals surface area contributed by atoms with Gasteiger partial charge in [-0.05, 0) is 54.8 Å². The quantitative estimate of drug-likeness (QED) is 0.0917. The lowest BCUT2D eigenvalue weighted by molar-refractivity contribution is -0.276. The molecule has 0 aromatic heterocycles. The Bertz CT molecular complexity index is 1340. The molecule has 7 heteroatoms. The van der Waals surface area contributed by atoms with Crippen LogP contribution >= 0.6 is 0 Å². The fourth-order valence-corrected chi connectivity index (χ4v) is 6.82. The van der Waals surface area contributed by atoms with Crippen molar-refractivity contribution in [2.75, 3.05) is 25.0 Å². The molecule has 0 bridgehead atoms. The van der Waals surface area contributed by atoms with Gasteiger partial charge >= 0.3 is 6.03 Å². The minimum absolute atomic E-state index is 0.0142. The Morgan fingerprint density at radius 3 is 2.00 bits per heavy atom. The molecule has 274 valence electrons. The monoisotopic (exact) mass is 685 g/mol. The first-order valence-corrected chi connectivity index (χ1v) is 19.4. The highest BCUT2D eigenvalue weighted by Gasteiger charge is 2.39. The van der Waals surface area contributed by atoms with Gasteiger partial charge in [0.2, 0.25) is 0 Å². The molecule has 1 saturated heterocycles. The minimum Gasteiger partial charge on any atom is -0.392 e. The van der Waals surface area contributed by atoms with Crippen LogP contribution in [0.15, 0.2) is 78.9 Å². The fraction of sp³-hybridized carbons (Fsp3) is 0.558. The van der Waals surface area contributed by atoms with Crippen molar-refractivity contribution >= 4 is 11.7 Å². The zero-order chi connectivity index (χ0) is 35.4. The Balaban J connectivity index is 1.48. The van der Waals surface area contributed by atoms with Gasteiger partial charge in [-0.25, -0.2) is 4.79 Å². The van der Waals surface area contributed by atoms with E-state index in [1.54, 1.807) is 0 Å². The van der Waals surface area contributed by atoms with E-state index in [1.807, 2.05) is 66.7 Å². The number of unbranched alkanes of at least 4 members (excludes halogenated alkanes) is 10. The van der Waals surface area contributed by atoms with Gasteiger partial charge in [-0.3, -0.25) is 0 Å². The SMILES string of the molecule is CCCCCCCCN(CCCCCCCC)CC1OC(c2cccc(NC(=O)NCc3ccccc3)c2)OC(c2ccc(CO)cc2)C1C. The van der Waals surface area contributed by atoms with Gasteiger partial charge in [-0.15, -0.1) is 0 Å². The Morgan fingerprint density at radius 2 is 1.36 bits per heavy atom. The molecule has 1 heterocycles. The van der Waals surface area contributed by atoms with Crippen LogP contribution in [-0.4, -0.2) is 41.8 Å². The summed E-state index contributed by atoms with van der Waals surface area (Å²) >= 11 is 0. The number of aliphatic hydroxyl groups excluding tert-OH is 1. The number of amides is 2. The minimum atomic E-state index is -0.585. The Labute approximate surface area is 302 Å². The summed E-state index contributed by atoms with van der Waals surface area (Å²) in [7, 11) is 0. The molecule has 1 aliphatic heterocycles. The highest BCUT2D eigenvalue weighted by molar-refractivity contribution is 5.89. The van der Waals surface area contributed by atoms with Gasteiger partial charge in [0, 0.05) is 30.3 Å². The van der Waals surface area contributed by atoms with Crippen LogP contribution in [0.3, 0.4) is 0 Å². The van der Waals surface area contributed by atoms with Gasteiger partial charge in [0.15, 0.2) is 6.29 Å². The van der Waals surface area contributed by atoms with Crippen LogP contribution < -0.4 is 10.6 Å². The molecule has 0 spiro atoms. The van der Waals surface area contributed by atoms with E-state index in [4.69, 9.17) is 9.47 Å². The average Bonchev–Trinajstić information content (AvgIpc) is 3.14. The third kappa shape index (κ3) is 13.5. The van der Waals surface area contributed by atoms with Crippen molar-refractivity contribution in [1.82, 2.24) is 10.2 Å². The van der Waals surface area contributed by atoms with Gasteiger partial charge in [0.1, 0.15) is 0 Å². The molecule has 1 fully saturated rings. The predicted molar refractivity (Wildman–Crippen MR) is 205 cm³/mol. The second-order valence-corrected chi connectivity index (χ2v) is 14.1. The number of urea groups is 1. The largest absolute Gasteiger partial charge is 0.392 e. The van der Waals surface area contributed by atoms with E-state index in [-0.39, 0.29) is 30.8 Å². The lowest BCUT2D eigenvalue weighted by atomic mass is 9.90. The molecule has 0 radical (unpaired) electrons. The number of hydrogen-bond acceptors (Lipinski definition) is 5. The molecule has 4 atom stereocenters. The number of carbonyl (C=O) groups is 1. The Morgan fingerprint density at radius 1 is 0.720 bits per heavy atom. The Kier molecular flexibility index (Phi) is 17.8. The second-order valence-electron chi connectivity index (χ2n) is 14.1. The van der Waals surface area contributed by atoms with E-state index in [9.17, 15) is 9.90 Å². The highest BCUT2D eigenvalue weighted by Crippen LogP contribution is 2.42. The van der Waals surface area contributed by atoms with E-state index in [0.717, 1.165) is 41.9 Å². The van der Waals surface area contributed by atoms with Crippen LogP contribution in [0.25, 0.3) is 0 Å². The third-order valence-electron chi connectivity index (χ3n) is 9.93. The molecule has 3 aromatic rings. The topological polar surface area (TPSA) is 83.1 Å². The normalized spacial score (nSPS) is 19.1. The van der Waals surface area contributed by atoms with Crippen molar-refractivity contribution in [3.8, 4) is 0 Å². The molecule has 3 aromatic carbocycles. The van der Waals surface area contributed by atoms with E-state index in [0.29, 0.717) is 12.2 Å². The van der Waals surface area contributed by atoms with E-state index >= 15 is 0 Å². The van der Waals surface area contributed by atoms with Crippen molar-refractivity contribution in [2.45, 2.75) is 129 Å². The molecule has 1 aliphatic rings. The summed E-state index contributed by atoms with van der Waals surface area (Å²) in [6.07, 6.45) is 14.7. The molecule has 7 nitrogen and oxygen atoms in total. The standard InChI is InChI=1S/C43H63N3O4/c1-4-6-8-10-12-17-28-46(29-18-13-11-9-7-5-2)32-40-34(3)41(37-26-24-36(33-47)25-27-37)50-42(49-40)38-22-19-23-39(30-38)45-43(48)44-31-35-20-15-14-16-21-35/h14-16,19-27,30,34,40-42,47H,4-13,17-18,28-29,31-33H2,1-3H3,(H2,44,45,48). The summed E-state index contributed by atoms with van der Waals surface area (Å²) in [6, 6.07) is 25.5. The van der Waals surface area contributed by atoms with Crippen LogP contribution in [-0.2, 0) is 22.6 Å². The molecule has 3 N–H and O–H groups in total. The number of anilines is 1. The first-order valence-electron chi connectivity index (χ1n) is 19.4. The number of nitrogens with one attached hydrogen (secondary N) is 2. The zero-order valence-electron chi connectivity index (χ0n) is 31.0. The Hall–Kier alpha value is -3.23. The molecule has 0 aliphatic carbocycles. The summed E-state index contributed by atoms with van der Waals surface area (Å²) in [6.45, 7) is 10.3. The average molecular weight is 686 g/mol. The van der Waals surface area contributed by atoms with Crippen molar-refractivity contribution in [2.24, 2.45) is 5.92 Å². The molecule has 4 rings (SSSR count). The van der Waals surface area contributed by atoms with Crippen molar-refractivity contribution < 1.29 is 19.4 Å². The third-order valence-corrected chi connectivity index (χ3v) is 9.93. The fourth-order valence-electron chi connectivity index (χ4n) is 6.82. The van der Waals surface area contributed by atoms with E-state index in [2.05, 4.69) is 48.4 Å². The second kappa shape index (κ2) is 22.6. The molecule has 4 unspecified atom stereocenters. The van der Waals surface area contributed by atoms with E-state index < -0.39 is 6.29 Å². The summed E-state index contributed by atoms with van der Waals surface area (Å²) in [5.74, 6) is 0.118. The molecule has 0 saturated carbocycles. The maximum Gasteiger partial charge on any atom is 0.319 e. The summed E-state index contributed by atoms with van der Waals surface area (Å²) in [5.41, 5.74) is 4.57. The molecule has 50 heavy (non-hydrogen) atoms. The predicted octanol–water partition coefficient (Wildman–Crippen LogP) is 10.3.